The minimum atomic E-state index is 0.0291. The Morgan fingerprint density at radius 2 is 2.00 bits per heavy atom. The van der Waals surface area contributed by atoms with Gasteiger partial charge in [0, 0.05) is 50.3 Å². The zero-order valence-electron chi connectivity index (χ0n) is 13.1. The Hall–Kier alpha value is -1.30. The predicted molar refractivity (Wildman–Crippen MR) is 86.8 cm³/mol. The first-order valence-corrected chi connectivity index (χ1v) is 8.01. The molecule has 0 saturated carbocycles. The maximum atomic E-state index is 12.8. The summed E-state index contributed by atoms with van der Waals surface area (Å²) in [5, 5.41) is 0.576. The summed E-state index contributed by atoms with van der Waals surface area (Å²) in [5.74, 6) is 0.571. The molecule has 0 unspecified atom stereocenters. The smallest absolute Gasteiger partial charge is 0.257 e. The van der Waals surface area contributed by atoms with Gasteiger partial charge in [-0.2, -0.15) is 0 Å². The zero-order valence-corrected chi connectivity index (χ0v) is 13.8. The third kappa shape index (κ3) is 3.07. The van der Waals surface area contributed by atoms with Crippen LogP contribution in [0.1, 0.15) is 10.4 Å². The van der Waals surface area contributed by atoms with Crippen molar-refractivity contribution in [2.24, 2.45) is 0 Å². The van der Waals surface area contributed by atoms with Crippen LogP contribution in [0.4, 0.5) is 0 Å². The number of piperazine rings is 2. The summed E-state index contributed by atoms with van der Waals surface area (Å²) in [5.41, 5.74) is 0.588. The zero-order chi connectivity index (χ0) is 15.7. The molecular weight excluding hydrogens is 302 g/mol. The van der Waals surface area contributed by atoms with Crippen LogP contribution < -0.4 is 4.74 Å². The Morgan fingerprint density at radius 3 is 2.77 bits per heavy atom. The number of ether oxygens (including phenoxy) is 1. The molecule has 2 aliphatic rings. The molecule has 0 spiro atoms. The van der Waals surface area contributed by atoms with E-state index >= 15 is 0 Å². The van der Waals surface area contributed by atoms with E-state index in [4.69, 9.17) is 16.3 Å². The van der Waals surface area contributed by atoms with Crippen molar-refractivity contribution < 1.29 is 9.53 Å². The van der Waals surface area contributed by atoms with Crippen molar-refractivity contribution in [3.8, 4) is 5.75 Å². The standard InChI is InChI=1S/C16H22ClN3O2/c1-18-5-6-19-7-8-20(11-13(19)10-18)16(21)14-4-3-12(17)9-15(14)22-2/h3-4,9,13H,5-8,10-11H2,1-2H3/t13-/m0/s1. The Bertz CT molecular complexity index is 566. The van der Waals surface area contributed by atoms with E-state index in [0.717, 1.165) is 39.3 Å². The number of amides is 1. The van der Waals surface area contributed by atoms with Crippen molar-refractivity contribution in [3.05, 3.63) is 28.8 Å². The van der Waals surface area contributed by atoms with E-state index in [2.05, 4.69) is 16.8 Å². The second-order valence-corrected chi connectivity index (χ2v) is 6.48. The summed E-state index contributed by atoms with van der Waals surface area (Å²) in [6.07, 6.45) is 0. The summed E-state index contributed by atoms with van der Waals surface area (Å²) >= 11 is 5.98. The number of fused-ring (bicyclic) bond motifs is 1. The van der Waals surface area contributed by atoms with E-state index in [1.165, 1.54) is 0 Å². The lowest BCUT2D eigenvalue weighted by Crippen LogP contribution is -2.62. The third-order valence-corrected chi connectivity index (χ3v) is 4.81. The van der Waals surface area contributed by atoms with Crippen molar-refractivity contribution in [1.82, 2.24) is 14.7 Å². The van der Waals surface area contributed by atoms with Crippen molar-refractivity contribution in [1.29, 1.82) is 0 Å². The van der Waals surface area contributed by atoms with E-state index in [9.17, 15) is 4.79 Å². The van der Waals surface area contributed by atoms with E-state index in [1.54, 1.807) is 25.3 Å². The first-order valence-electron chi connectivity index (χ1n) is 7.64. The molecule has 2 aliphatic heterocycles. The number of benzene rings is 1. The van der Waals surface area contributed by atoms with Crippen LogP contribution in [0.5, 0.6) is 5.75 Å². The molecule has 22 heavy (non-hydrogen) atoms. The first kappa shape index (κ1) is 15.6. The molecule has 2 heterocycles. The molecule has 3 rings (SSSR count). The Labute approximate surface area is 136 Å². The van der Waals surface area contributed by atoms with Gasteiger partial charge in [-0.3, -0.25) is 9.69 Å². The minimum Gasteiger partial charge on any atom is -0.496 e. The van der Waals surface area contributed by atoms with Crippen LogP contribution in [0, 0.1) is 0 Å². The van der Waals surface area contributed by atoms with Crippen molar-refractivity contribution in [2.75, 3.05) is 53.4 Å². The van der Waals surface area contributed by atoms with Crippen LogP contribution >= 0.6 is 11.6 Å². The lowest BCUT2D eigenvalue weighted by Gasteiger charge is -2.46. The molecule has 0 aliphatic carbocycles. The summed E-state index contributed by atoms with van der Waals surface area (Å²) in [7, 11) is 3.71. The number of rotatable bonds is 2. The van der Waals surface area contributed by atoms with Gasteiger partial charge in [0.1, 0.15) is 5.75 Å². The van der Waals surface area contributed by atoms with E-state index in [-0.39, 0.29) is 5.91 Å². The number of carbonyl (C=O) groups excluding carboxylic acids is 1. The van der Waals surface area contributed by atoms with Crippen molar-refractivity contribution in [3.63, 3.8) is 0 Å². The van der Waals surface area contributed by atoms with Crippen molar-refractivity contribution >= 4 is 17.5 Å². The van der Waals surface area contributed by atoms with E-state index < -0.39 is 0 Å². The SMILES string of the molecule is COc1cc(Cl)ccc1C(=O)N1CCN2CCN(C)C[C@H]2C1. The Kier molecular flexibility index (Phi) is 4.57. The first-order chi connectivity index (χ1) is 10.6. The van der Waals surface area contributed by atoms with Gasteiger partial charge < -0.3 is 14.5 Å². The molecule has 2 fully saturated rings. The maximum Gasteiger partial charge on any atom is 0.257 e. The van der Waals surface area contributed by atoms with Gasteiger partial charge in [-0.25, -0.2) is 0 Å². The van der Waals surface area contributed by atoms with E-state index in [1.807, 2.05) is 4.90 Å². The maximum absolute atomic E-state index is 12.8. The second-order valence-electron chi connectivity index (χ2n) is 6.05. The van der Waals surface area contributed by atoms with Crippen LogP contribution in [0.15, 0.2) is 18.2 Å². The van der Waals surface area contributed by atoms with Gasteiger partial charge in [-0.1, -0.05) is 11.6 Å². The number of likely N-dealkylation sites (N-methyl/N-ethyl adjacent to an activating group) is 1. The molecule has 0 radical (unpaired) electrons. The third-order valence-electron chi connectivity index (χ3n) is 4.58. The molecule has 6 heteroatoms. The lowest BCUT2D eigenvalue weighted by atomic mass is 10.1. The number of nitrogens with zero attached hydrogens (tertiary/aromatic N) is 3. The highest BCUT2D eigenvalue weighted by Crippen LogP contribution is 2.25. The van der Waals surface area contributed by atoms with Crippen LogP contribution in [0.25, 0.3) is 0 Å². The van der Waals surface area contributed by atoms with Gasteiger partial charge >= 0.3 is 0 Å². The topological polar surface area (TPSA) is 36.0 Å². The molecule has 0 bridgehead atoms. The van der Waals surface area contributed by atoms with Gasteiger partial charge in [-0.05, 0) is 25.2 Å². The fraction of sp³-hybridized carbons (Fsp3) is 0.562. The second kappa shape index (κ2) is 6.44. The normalized spacial score (nSPS) is 23.2. The number of hydrogen-bond acceptors (Lipinski definition) is 4. The summed E-state index contributed by atoms with van der Waals surface area (Å²) in [6, 6.07) is 5.61. The summed E-state index contributed by atoms with van der Waals surface area (Å²) in [4.78, 5) is 19.6. The van der Waals surface area contributed by atoms with Crippen LogP contribution in [-0.4, -0.2) is 80.1 Å². The van der Waals surface area contributed by atoms with Gasteiger partial charge in [-0.15, -0.1) is 0 Å². The fourth-order valence-corrected chi connectivity index (χ4v) is 3.47. The number of halogens is 1. The molecular formula is C16H22ClN3O2. The lowest BCUT2D eigenvalue weighted by molar-refractivity contribution is 0.0188. The highest BCUT2D eigenvalue weighted by atomic mass is 35.5. The molecule has 0 aromatic heterocycles. The quantitative estimate of drug-likeness (QED) is 0.825. The number of carbonyl (C=O) groups is 1. The Balaban J connectivity index is 1.75. The average Bonchev–Trinajstić information content (AvgIpc) is 2.53. The highest BCUT2D eigenvalue weighted by molar-refractivity contribution is 6.30. The summed E-state index contributed by atoms with van der Waals surface area (Å²) < 4.78 is 5.31. The van der Waals surface area contributed by atoms with Crippen LogP contribution in [0.3, 0.4) is 0 Å². The number of methoxy groups -OCH3 is 1. The summed E-state index contributed by atoms with van der Waals surface area (Å²) in [6.45, 7) is 5.70. The molecule has 1 amide bonds. The monoisotopic (exact) mass is 323 g/mol. The molecule has 1 aromatic carbocycles. The van der Waals surface area contributed by atoms with Crippen LogP contribution in [0.2, 0.25) is 5.02 Å². The van der Waals surface area contributed by atoms with Gasteiger partial charge in [0.05, 0.1) is 12.7 Å². The van der Waals surface area contributed by atoms with Gasteiger partial charge in [0.25, 0.3) is 5.91 Å². The number of hydrogen-bond donors (Lipinski definition) is 0. The molecule has 2 saturated heterocycles. The molecule has 1 atom stereocenters. The molecule has 5 nitrogen and oxygen atoms in total. The molecule has 1 aromatic rings. The molecule has 0 N–H and O–H groups in total. The van der Waals surface area contributed by atoms with E-state index in [0.29, 0.717) is 22.4 Å². The fourth-order valence-electron chi connectivity index (χ4n) is 3.31. The average molecular weight is 324 g/mol. The largest absolute Gasteiger partial charge is 0.496 e. The highest BCUT2D eigenvalue weighted by Gasteiger charge is 2.33. The Morgan fingerprint density at radius 1 is 1.23 bits per heavy atom. The molecule has 120 valence electrons. The minimum absolute atomic E-state index is 0.0291. The van der Waals surface area contributed by atoms with Gasteiger partial charge in [0.15, 0.2) is 0 Å². The van der Waals surface area contributed by atoms with Crippen molar-refractivity contribution in [2.45, 2.75) is 6.04 Å². The van der Waals surface area contributed by atoms with Gasteiger partial charge in [0.2, 0.25) is 0 Å². The van der Waals surface area contributed by atoms with Crippen LogP contribution in [-0.2, 0) is 0 Å². The predicted octanol–water partition coefficient (Wildman–Crippen LogP) is 1.42.